The summed E-state index contributed by atoms with van der Waals surface area (Å²) in [5.41, 5.74) is 0. The summed E-state index contributed by atoms with van der Waals surface area (Å²) in [7, 11) is 2.23. The van der Waals surface area contributed by atoms with Gasteiger partial charge in [-0.2, -0.15) is 12.6 Å². The monoisotopic (exact) mass is 129 g/mol. The number of hydrogen-bond donors (Lipinski definition) is 1. The fourth-order valence-corrected chi connectivity index (χ4v) is 1.13. The van der Waals surface area contributed by atoms with Crippen molar-refractivity contribution in [3.63, 3.8) is 0 Å². The molecule has 0 rings (SSSR count). The van der Waals surface area contributed by atoms with Crippen LogP contribution in [-0.4, -0.2) is 13.0 Å². The molecule has 0 fully saturated rings. The normalized spacial score (nSPS) is 13.4. The Morgan fingerprint density at radius 3 is 2.38 bits per heavy atom. The van der Waals surface area contributed by atoms with Crippen LogP contribution in [0.1, 0.15) is 19.8 Å². The summed E-state index contributed by atoms with van der Waals surface area (Å²) in [6.07, 6.45) is 2.57. The van der Waals surface area contributed by atoms with Gasteiger partial charge in [0.15, 0.2) is 0 Å². The minimum atomic E-state index is 0.739. The van der Waals surface area contributed by atoms with Gasteiger partial charge in [0.2, 0.25) is 0 Å². The summed E-state index contributed by atoms with van der Waals surface area (Å²) < 4.78 is 0. The van der Waals surface area contributed by atoms with E-state index < -0.39 is 0 Å². The van der Waals surface area contributed by atoms with Crippen LogP contribution in [0.5, 0.6) is 0 Å². The maximum absolute atomic E-state index is 4.20. The number of hydrogen-bond acceptors (Lipinski definition) is 1. The van der Waals surface area contributed by atoms with Gasteiger partial charge in [-0.25, -0.2) is 0 Å². The van der Waals surface area contributed by atoms with Crippen LogP contribution in [0.2, 0.25) is 12.6 Å². The van der Waals surface area contributed by atoms with Crippen molar-refractivity contribution in [1.29, 1.82) is 0 Å². The van der Waals surface area contributed by atoms with Crippen LogP contribution < -0.4 is 0 Å². The van der Waals surface area contributed by atoms with Gasteiger partial charge < -0.3 is 0 Å². The molecule has 0 heterocycles. The lowest BCUT2D eigenvalue weighted by Gasteiger charge is -2.06. The predicted octanol–water partition coefficient (Wildman–Crippen LogP) is 2.26. The first kappa shape index (κ1) is 8.41. The predicted molar refractivity (Wildman–Crippen MR) is 44.1 cm³/mol. The first-order valence-electron chi connectivity index (χ1n) is 3.25. The standard InChI is InChI=1S/C6H14BS/c1-3-4-6(5-8)7-2/h6,8H,3-5H2,1-2H3/t6-/m1/s1. The van der Waals surface area contributed by atoms with Crippen molar-refractivity contribution in [3.8, 4) is 0 Å². The summed E-state index contributed by atoms with van der Waals surface area (Å²) in [6, 6.07) is 0. The van der Waals surface area contributed by atoms with E-state index in [-0.39, 0.29) is 0 Å². The maximum Gasteiger partial charge on any atom is 0.111 e. The van der Waals surface area contributed by atoms with Crippen LogP contribution in [0.3, 0.4) is 0 Å². The van der Waals surface area contributed by atoms with Crippen LogP contribution in [0.25, 0.3) is 0 Å². The fourth-order valence-electron chi connectivity index (χ4n) is 0.734. The summed E-state index contributed by atoms with van der Waals surface area (Å²) >= 11 is 4.20. The Morgan fingerprint density at radius 2 is 2.25 bits per heavy atom. The van der Waals surface area contributed by atoms with E-state index in [2.05, 4.69) is 33.7 Å². The van der Waals surface area contributed by atoms with E-state index in [9.17, 15) is 0 Å². The van der Waals surface area contributed by atoms with Crippen molar-refractivity contribution >= 4 is 19.9 Å². The van der Waals surface area contributed by atoms with Gasteiger partial charge >= 0.3 is 0 Å². The van der Waals surface area contributed by atoms with E-state index in [4.69, 9.17) is 0 Å². The third kappa shape index (κ3) is 3.42. The molecule has 47 valence electrons. The lowest BCUT2D eigenvalue weighted by molar-refractivity contribution is 0.771. The maximum atomic E-state index is 4.20. The molecular formula is C6H14BS. The highest BCUT2D eigenvalue weighted by molar-refractivity contribution is 7.80. The van der Waals surface area contributed by atoms with Gasteiger partial charge in [0.25, 0.3) is 0 Å². The van der Waals surface area contributed by atoms with E-state index in [1.54, 1.807) is 0 Å². The molecular weight excluding hydrogens is 115 g/mol. The Balaban J connectivity index is 3.07. The van der Waals surface area contributed by atoms with Crippen molar-refractivity contribution in [3.05, 3.63) is 0 Å². The lowest BCUT2D eigenvalue weighted by Crippen LogP contribution is -2.00. The van der Waals surface area contributed by atoms with Gasteiger partial charge in [-0.05, 0) is 5.75 Å². The topological polar surface area (TPSA) is 0 Å². The molecule has 0 aliphatic rings. The minimum absolute atomic E-state index is 0.739. The smallest absolute Gasteiger partial charge is 0.111 e. The van der Waals surface area contributed by atoms with E-state index in [1.807, 2.05) is 0 Å². The second kappa shape index (κ2) is 5.55. The molecule has 0 saturated heterocycles. The molecule has 8 heavy (non-hydrogen) atoms. The fraction of sp³-hybridized carbons (Fsp3) is 1.00. The Labute approximate surface area is 58.7 Å². The average Bonchev–Trinajstić information content (AvgIpc) is 1.83. The summed E-state index contributed by atoms with van der Waals surface area (Å²) in [6.45, 7) is 4.32. The Morgan fingerprint density at radius 1 is 1.62 bits per heavy atom. The third-order valence-electron chi connectivity index (χ3n) is 1.37. The molecule has 0 spiro atoms. The average molecular weight is 129 g/mol. The van der Waals surface area contributed by atoms with Gasteiger partial charge in [-0.15, -0.1) is 0 Å². The first-order chi connectivity index (χ1) is 3.85. The first-order valence-corrected chi connectivity index (χ1v) is 3.88. The van der Waals surface area contributed by atoms with Crippen LogP contribution in [0.15, 0.2) is 0 Å². The minimum Gasteiger partial charge on any atom is -0.180 e. The molecule has 0 amide bonds. The van der Waals surface area contributed by atoms with Gasteiger partial charge in [-0.1, -0.05) is 32.4 Å². The second-order valence-electron chi connectivity index (χ2n) is 2.06. The SMILES string of the molecule is C[B][C@@H](CS)CCC. The highest BCUT2D eigenvalue weighted by Crippen LogP contribution is 2.12. The number of thiol groups is 1. The van der Waals surface area contributed by atoms with E-state index in [0.717, 1.165) is 11.6 Å². The van der Waals surface area contributed by atoms with Crippen LogP contribution in [0.4, 0.5) is 0 Å². The summed E-state index contributed by atoms with van der Waals surface area (Å²) in [5.74, 6) is 1.74. The van der Waals surface area contributed by atoms with E-state index in [0.29, 0.717) is 0 Å². The van der Waals surface area contributed by atoms with Crippen molar-refractivity contribution in [2.45, 2.75) is 32.4 Å². The van der Waals surface area contributed by atoms with Crippen molar-refractivity contribution < 1.29 is 0 Å². The largest absolute Gasteiger partial charge is 0.180 e. The van der Waals surface area contributed by atoms with Crippen LogP contribution in [0, 0.1) is 0 Å². The summed E-state index contributed by atoms with van der Waals surface area (Å²) in [5, 5.41) is 0. The zero-order valence-electron chi connectivity index (χ0n) is 5.72. The Bertz CT molecular complexity index is 43.8. The molecule has 2 heteroatoms. The molecule has 0 N–H and O–H groups in total. The number of rotatable bonds is 4. The van der Waals surface area contributed by atoms with Crippen LogP contribution in [-0.2, 0) is 0 Å². The van der Waals surface area contributed by atoms with Crippen molar-refractivity contribution in [2.75, 3.05) is 5.75 Å². The van der Waals surface area contributed by atoms with E-state index >= 15 is 0 Å². The lowest BCUT2D eigenvalue weighted by atomic mass is 9.66. The van der Waals surface area contributed by atoms with Gasteiger partial charge in [0, 0.05) is 0 Å². The van der Waals surface area contributed by atoms with Crippen molar-refractivity contribution in [1.82, 2.24) is 0 Å². The highest BCUT2D eigenvalue weighted by atomic mass is 32.1. The molecule has 0 nitrogen and oxygen atoms in total. The quantitative estimate of drug-likeness (QED) is 0.436. The molecule has 0 aromatic carbocycles. The van der Waals surface area contributed by atoms with Gasteiger partial charge in [0.1, 0.15) is 7.28 Å². The Hall–Kier alpha value is 0.415. The Kier molecular flexibility index (Phi) is 5.84. The highest BCUT2D eigenvalue weighted by Gasteiger charge is 2.00. The molecule has 0 unspecified atom stereocenters. The molecule has 0 aromatic heterocycles. The van der Waals surface area contributed by atoms with Crippen molar-refractivity contribution in [2.24, 2.45) is 0 Å². The molecule has 1 radical (unpaired) electrons. The molecule has 0 aromatic rings. The zero-order valence-corrected chi connectivity index (χ0v) is 6.62. The van der Waals surface area contributed by atoms with Crippen LogP contribution >= 0.6 is 12.6 Å². The zero-order chi connectivity index (χ0) is 6.41. The van der Waals surface area contributed by atoms with Gasteiger partial charge in [-0.3, -0.25) is 0 Å². The summed E-state index contributed by atoms with van der Waals surface area (Å²) in [4.78, 5) is 0. The molecule has 0 saturated carbocycles. The van der Waals surface area contributed by atoms with Gasteiger partial charge in [0.05, 0.1) is 0 Å². The molecule has 0 aliphatic heterocycles. The van der Waals surface area contributed by atoms with E-state index in [1.165, 1.54) is 12.8 Å². The molecule has 1 atom stereocenters. The molecule has 0 bridgehead atoms. The second-order valence-corrected chi connectivity index (χ2v) is 2.43. The third-order valence-corrected chi connectivity index (χ3v) is 1.83. The molecule has 0 aliphatic carbocycles.